The molecular formula is C13H15NO2. The van der Waals surface area contributed by atoms with Gasteiger partial charge in [0.1, 0.15) is 0 Å². The van der Waals surface area contributed by atoms with E-state index in [2.05, 4.69) is 4.98 Å². The number of hydrogen-bond donors (Lipinski definition) is 0. The standard InChI is InChI=1S/C13H15NO2/c1-9-7-11(8-10(2)14-9)13(15)12-5-3-4-6-16-12/h5,7-8H,3-4,6H2,1-2H3. The fraction of sp³-hybridized carbons (Fsp3) is 0.385. The summed E-state index contributed by atoms with van der Waals surface area (Å²) in [5.74, 6) is 0.449. The molecule has 0 fully saturated rings. The maximum absolute atomic E-state index is 12.1. The maximum atomic E-state index is 12.1. The first-order valence-corrected chi connectivity index (χ1v) is 5.50. The van der Waals surface area contributed by atoms with Gasteiger partial charge in [0.2, 0.25) is 5.78 Å². The number of aromatic nitrogens is 1. The smallest absolute Gasteiger partial charge is 0.227 e. The molecule has 0 N–H and O–H groups in total. The Bertz CT molecular complexity index is 429. The van der Waals surface area contributed by atoms with E-state index in [1.807, 2.05) is 19.9 Å². The first-order valence-electron chi connectivity index (χ1n) is 5.50. The molecule has 0 atom stereocenters. The Morgan fingerprint density at radius 1 is 1.31 bits per heavy atom. The highest BCUT2D eigenvalue weighted by Gasteiger charge is 2.16. The third-order valence-electron chi connectivity index (χ3n) is 2.50. The Labute approximate surface area is 95.2 Å². The molecule has 0 bridgehead atoms. The molecule has 1 aliphatic heterocycles. The number of rotatable bonds is 2. The molecule has 1 aliphatic rings. The Hall–Kier alpha value is -1.64. The molecule has 1 aromatic heterocycles. The van der Waals surface area contributed by atoms with E-state index in [4.69, 9.17) is 4.74 Å². The Morgan fingerprint density at radius 3 is 2.56 bits per heavy atom. The number of pyridine rings is 1. The van der Waals surface area contributed by atoms with Gasteiger partial charge >= 0.3 is 0 Å². The van der Waals surface area contributed by atoms with Gasteiger partial charge in [0.15, 0.2) is 5.76 Å². The van der Waals surface area contributed by atoms with Crippen molar-refractivity contribution in [1.29, 1.82) is 0 Å². The van der Waals surface area contributed by atoms with Crippen molar-refractivity contribution in [1.82, 2.24) is 4.98 Å². The summed E-state index contributed by atoms with van der Waals surface area (Å²) in [4.78, 5) is 16.3. The van der Waals surface area contributed by atoms with E-state index in [9.17, 15) is 4.79 Å². The minimum Gasteiger partial charge on any atom is -0.490 e. The lowest BCUT2D eigenvalue weighted by Gasteiger charge is -2.14. The van der Waals surface area contributed by atoms with Crippen molar-refractivity contribution in [3.8, 4) is 0 Å². The van der Waals surface area contributed by atoms with Crippen LogP contribution in [0.25, 0.3) is 0 Å². The second kappa shape index (κ2) is 4.47. The molecule has 2 heterocycles. The molecule has 3 heteroatoms. The lowest BCUT2D eigenvalue weighted by atomic mass is 10.1. The van der Waals surface area contributed by atoms with Crippen LogP contribution in [0.1, 0.15) is 34.6 Å². The van der Waals surface area contributed by atoms with Gasteiger partial charge in [-0.25, -0.2) is 0 Å². The largest absolute Gasteiger partial charge is 0.490 e. The normalized spacial score (nSPS) is 15.2. The number of ketones is 1. The second-order valence-electron chi connectivity index (χ2n) is 4.03. The van der Waals surface area contributed by atoms with Crippen molar-refractivity contribution >= 4 is 5.78 Å². The summed E-state index contributed by atoms with van der Waals surface area (Å²) >= 11 is 0. The van der Waals surface area contributed by atoms with Gasteiger partial charge in [-0.2, -0.15) is 0 Å². The van der Waals surface area contributed by atoms with Gasteiger partial charge in [0.25, 0.3) is 0 Å². The second-order valence-corrected chi connectivity index (χ2v) is 4.03. The van der Waals surface area contributed by atoms with Crippen LogP contribution in [0, 0.1) is 13.8 Å². The van der Waals surface area contributed by atoms with Crippen LogP contribution in [0.15, 0.2) is 24.0 Å². The number of carbonyl (C=O) groups is 1. The van der Waals surface area contributed by atoms with Crippen LogP contribution < -0.4 is 0 Å². The van der Waals surface area contributed by atoms with Crippen LogP contribution in [0.3, 0.4) is 0 Å². The first kappa shape index (κ1) is 10.9. The Morgan fingerprint density at radius 2 is 2.00 bits per heavy atom. The zero-order valence-electron chi connectivity index (χ0n) is 9.62. The number of nitrogens with zero attached hydrogens (tertiary/aromatic N) is 1. The van der Waals surface area contributed by atoms with Gasteiger partial charge in [0.05, 0.1) is 6.61 Å². The van der Waals surface area contributed by atoms with Crippen LogP contribution >= 0.6 is 0 Å². The fourth-order valence-electron chi connectivity index (χ4n) is 1.82. The molecule has 0 unspecified atom stereocenters. The lowest BCUT2D eigenvalue weighted by molar-refractivity contribution is 0.0898. The predicted molar refractivity (Wildman–Crippen MR) is 61.3 cm³/mol. The summed E-state index contributed by atoms with van der Waals surface area (Å²) < 4.78 is 5.37. The van der Waals surface area contributed by atoms with Crippen molar-refractivity contribution in [2.45, 2.75) is 26.7 Å². The Balaban J connectivity index is 2.29. The topological polar surface area (TPSA) is 39.2 Å². The molecule has 0 amide bonds. The van der Waals surface area contributed by atoms with Gasteiger partial charge in [-0.15, -0.1) is 0 Å². The average Bonchev–Trinajstić information content (AvgIpc) is 2.28. The molecule has 0 aromatic carbocycles. The molecular weight excluding hydrogens is 202 g/mol. The number of allylic oxidation sites excluding steroid dienone is 2. The van der Waals surface area contributed by atoms with Crippen LogP contribution in [-0.2, 0) is 4.74 Å². The van der Waals surface area contributed by atoms with E-state index in [0.29, 0.717) is 17.9 Å². The first-order chi connectivity index (χ1) is 7.66. The van der Waals surface area contributed by atoms with Crippen molar-refractivity contribution in [2.75, 3.05) is 6.61 Å². The highest BCUT2D eigenvalue weighted by molar-refractivity contribution is 6.07. The van der Waals surface area contributed by atoms with Crippen LogP contribution in [0.5, 0.6) is 0 Å². The van der Waals surface area contributed by atoms with Crippen molar-refractivity contribution in [3.05, 3.63) is 40.9 Å². The van der Waals surface area contributed by atoms with Gasteiger partial charge in [-0.3, -0.25) is 9.78 Å². The summed E-state index contributed by atoms with van der Waals surface area (Å²) in [5, 5.41) is 0. The lowest BCUT2D eigenvalue weighted by Crippen LogP contribution is -2.12. The molecule has 0 radical (unpaired) electrons. The van der Waals surface area contributed by atoms with Crippen molar-refractivity contribution < 1.29 is 9.53 Å². The summed E-state index contributed by atoms with van der Waals surface area (Å²) in [7, 11) is 0. The minimum absolute atomic E-state index is 0.0340. The highest BCUT2D eigenvalue weighted by atomic mass is 16.5. The highest BCUT2D eigenvalue weighted by Crippen LogP contribution is 2.16. The van der Waals surface area contributed by atoms with Crippen molar-refractivity contribution in [3.63, 3.8) is 0 Å². The van der Waals surface area contributed by atoms with E-state index >= 15 is 0 Å². The minimum atomic E-state index is -0.0340. The molecule has 0 saturated carbocycles. The summed E-state index contributed by atoms with van der Waals surface area (Å²) in [6, 6.07) is 3.60. The number of aryl methyl sites for hydroxylation is 2. The molecule has 3 nitrogen and oxygen atoms in total. The molecule has 16 heavy (non-hydrogen) atoms. The average molecular weight is 217 g/mol. The zero-order valence-corrected chi connectivity index (χ0v) is 9.62. The molecule has 0 aliphatic carbocycles. The molecule has 1 aromatic rings. The van der Waals surface area contributed by atoms with E-state index in [1.54, 1.807) is 12.1 Å². The zero-order chi connectivity index (χ0) is 11.5. The quantitative estimate of drug-likeness (QED) is 0.715. The van der Waals surface area contributed by atoms with E-state index < -0.39 is 0 Å². The third-order valence-corrected chi connectivity index (χ3v) is 2.50. The fourth-order valence-corrected chi connectivity index (χ4v) is 1.82. The molecule has 0 spiro atoms. The predicted octanol–water partition coefficient (Wildman–Crippen LogP) is 2.58. The van der Waals surface area contributed by atoms with Crippen LogP contribution in [0.4, 0.5) is 0 Å². The van der Waals surface area contributed by atoms with E-state index in [1.165, 1.54) is 0 Å². The van der Waals surface area contributed by atoms with Gasteiger partial charge < -0.3 is 4.74 Å². The van der Waals surface area contributed by atoms with Gasteiger partial charge in [-0.05, 0) is 44.9 Å². The molecule has 2 rings (SSSR count). The van der Waals surface area contributed by atoms with E-state index in [-0.39, 0.29) is 5.78 Å². The number of carbonyl (C=O) groups excluding carboxylic acids is 1. The van der Waals surface area contributed by atoms with Crippen molar-refractivity contribution in [2.24, 2.45) is 0 Å². The van der Waals surface area contributed by atoms with Crippen LogP contribution in [-0.4, -0.2) is 17.4 Å². The third kappa shape index (κ3) is 2.30. The van der Waals surface area contributed by atoms with Gasteiger partial charge in [-0.1, -0.05) is 0 Å². The Kier molecular flexibility index (Phi) is 3.04. The van der Waals surface area contributed by atoms with Crippen LogP contribution in [0.2, 0.25) is 0 Å². The molecule has 0 saturated heterocycles. The number of hydrogen-bond acceptors (Lipinski definition) is 3. The van der Waals surface area contributed by atoms with E-state index in [0.717, 1.165) is 24.2 Å². The van der Waals surface area contributed by atoms with Gasteiger partial charge in [0, 0.05) is 17.0 Å². The maximum Gasteiger partial charge on any atom is 0.227 e. The number of ether oxygens (including phenoxy) is 1. The summed E-state index contributed by atoms with van der Waals surface area (Å²) in [6.07, 6.45) is 3.78. The summed E-state index contributed by atoms with van der Waals surface area (Å²) in [6.45, 7) is 4.42. The monoisotopic (exact) mass is 217 g/mol. The number of Topliss-reactive ketones (excluding diaryl/α,β-unsaturated/α-hetero) is 1. The SMILES string of the molecule is Cc1cc(C(=O)C2=CCCCO2)cc(C)n1. The molecule has 84 valence electrons. The summed E-state index contributed by atoms with van der Waals surface area (Å²) in [5.41, 5.74) is 2.39.